The van der Waals surface area contributed by atoms with Crippen LogP contribution in [0.4, 0.5) is 23.7 Å². The summed E-state index contributed by atoms with van der Waals surface area (Å²) < 4.78 is 39.4. The van der Waals surface area contributed by atoms with Crippen molar-refractivity contribution in [1.29, 1.82) is 0 Å². The average molecular weight is 290 g/mol. The van der Waals surface area contributed by atoms with Gasteiger partial charge in [0.2, 0.25) is 0 Å². The quantitative estimate of drug-likeness (QED) is 0.780. The highest BCUT2D eigenvalue weighted by Crippen LogP contribution is 2.20. The van der Waals surface area contributed by atoms with E-state index in [-0.39, 0.29) is 18.6 Å². The summed E-state index contributed by atoms with van der Waals surface area (Å²) in [5, 5.41) is 13.4. The Balaban J connectivity index is 2.76. The van der Waals surface area contributed by atoms with Gasteiger partial charge in [0, 0.05) is 24.8 Å². The fraction of sp³-hybridized carbons (Fsp3) is 0.462. The van der Waals surface area contributed by atoms with Crippen LogP contribution in [0.5, 0.6) is 0 Å². The molecule has 1 aromatic rings. The zero-order valence-electron chi connectivity index (χ0n) is 11.2. The van der Waals surface area contributed by atoms with E-state index in [2.05, 4.69) is 5.32 Å². The molecule has 2 amide bonds. The topological polar surface area (TPSA) is 61.4 Å². The van der Waals surface area contributed by atoms with Crippen LogP contribution in [0, 0.1) is 23.4 Å². The van der Waals surface area contributed by atoms with Gasteiger partial charge in [0.1, 0.15) is 11.5 Å². The number of amides is 2. The van der Waals surface area contributed by atoms with Crippen molar-refractivity contribution < 1.29 is 23.1 Å². The summed E-state index contributed by atoms with van der Waals surface area (Å²) in [5.74, 6) is -3.41. The molecule has 1 rings (SSSR count). The van der Waals surface area contributed by atoms with Crippen LogP contribution in [-0.2, 0) is 0 Å². The zero-order valence-corrected chi connectivity index (χ0v) is 11.2. The van der Waals surface area contributed by atoms with Gasteiger partial charge in [0.25, 0.3) is 0 Å². The summed E-state index contributed by atoms with van der Waals surface area (Å²) in [5.41, 5.74) is -0.713. The Kier molecular flexibility index (Phi) is 5.82. The van der Waals surface area contributed by atoms with Gasteiger partial charge >= 0.3 is 6.03 Å². The standard InChI is InChI=1S/C13H17F3N2O2/c1-7(2)11(3-4-19)17-13(20)18-12-9(15)5-8(14)6-10(12)16/h5-7,11,19H,3-4H2,1-2H3,(H2,17,18,20). The molecule has 1 aromatic carbocycles. The Bertz CT molecular complexity index is 458. The van der Waals surface area contributed by atoms with E-state index in [1.807, 2.05) is 19.2 Å². The van der Waals surface area contributed by atoms with Crippen molar-refractivity contribution in [3.63, 3.8) is 0 Å². The van der Waals surface area contributed by atoms with Crippen LogP contribution in [0.3, 0.4) is 0 Å². The molecule has 0 radical (unpaired) electrons. The van der Waals surface area contributed by atoms with Crippen LogP contribution in [-0.4, -0.2) is 23.8 Å². The van der Waals surface area contributed by atoms with E-state index in [1.165, 1.54) is 0 Å². The fourth-order valence-corrected chi connectivity index (χ4v) is 1.69. The molecule has 0 aromatic heterocycles. The van der Waals surface area contributed by atoms with Gasteiger partial charge in [0.15, 0.2) is 11.6 Å². The number of urea groups is 1. The third kappa shape index (κ3) is 4.41. The molecule has 7 heteroatoms. The van der Waals surface area contributed by atoms with E-state index in [0.29, 0.717) is 18.6 Å². The van der Waals surface area contributed by atoms with Crippen LogP contribution in [0.1, 0.15) is 20.3 Å². The lowest BCUT2D eigenvalue weighted by atomic mass is 10.0. The zero-order chi connectivity index (χ0) is 15.3. The van der Waals surface area contributed by atoms with Gasteiger partial charge in [-0.3, -0.25) is 0 Å². The number of nitrogens with one attached hydrogen (secondary N) is 2. The third-order valence-corrected chi connectivity index (χ3v) is 2.81. The van der Waals surface area contributed by atoms with Gasteiger partial charge in [-0.05, 0) is 12.3 Å². The molecule has 0 spiro atoms. The predicted molar refractivity (Wildman–Crippen MR) is 68.8 cm³/mol. The molecule has 20 heavy (non-hydrogen) atoms. The van der Waals surface area contributed by atoms with Gasteiger partial charge in [-0.2, -0.15) is 0 Å². The summed E-state index contributed by atoms with van der Waals surface area (Å²) in [6.45, 7) is 3.54. The summed E-state index contributed by atoms with van der Waals surface area (Å²) >= 11 is 0. The SMILES string of the molecule is CC(C)C(CCO)NC(=O)Nc1c(F)cc(F)cc1F. The van der Waals surface area contributed by atoms with Crippen molar-refractivity contribution in [3.8, 4) is 0 Å². The van der Waals surface area contributed by atoms with E-state index in [9.17, 15) is 18.0 Å². The van der Waals surface area contributed by atoms with Crippen molar-refractivity contribution in [1.82, 2.24) is 5.32 Å². The second-order valence-electron chi connectivity index (χ2n) is 4.71. The van der Waals surface area contributed by atoms with Crippen molar-refractivity contribution in [2.24, 2.45) is 5.92 Å². The summed E-state index contributed by atoms with van der Waals surface area (Å²) in [6.07, 6.45) is 0.319. The second-order valence-corrected chi connectivity index (χ2v) is 4.71. The molecule has 0 aliphatic heterocycles. The number of aliphatic hydroxyl groups is 1. The van der Waals surface area contributed by atoms with Crippen LogP contribution in [0.15, 0.2) is 12.1 Å². The molecular formula is C13H17F3N2O2. The maximum Gasteiger partial charge on any atom is 0.319 e. The largest absolute Gasteiger partial charge is 0.396 e. The number of rotatable bonds is 5. The normalized spacial score (nSPS) is 12.3. The first kappa shape index (κ1) is 16.3. The Morgan fingerprint density at radius 2 is 1.80 bits per heavy atom. The highest BCUT2D eigenvalue weighted by atomic mass is 19.1. The lowest BCUT2D eigenvalue weighted by Gasteiger charge is -2.21. The Labute approximate surface area is 115 Å². The minimum atomic E-state index is -1.19. The van der Waals surface area contributed by atoms with Gasteiger partial charge < -0.3 is 15.7 Å². The highest BCUT2D eigenvalue weighted by molar-refractivity contribution is 5.89. The van der Waals surface area contributed by atoms with Crippen molar-refractivity contribution >= 4 is 11.7 Å². The number of anilines is 1. The van der Waals surface area contributed by atoms with Crippen LogP contribution in [0.25, 0.3) is 0 Å². The van der Waals surface area contributed by atoms with Gasteiger partial charge in [-0.25, -0.2) is 18.0 Å². The van der Waals surface area contributed by atoms with Crippen molar-refractivity contribution in [2.45, 2.75) is 26.3 Å². The maximum absolute atomic E-state index is 13.4. The van der Waals surface area contributed by atoms with E-state index in [1.54, 1.807) is 0 Å². The minimum absolute atomic E-state index is 0.0378. The lowest BCUT2D eigenvalue weighted by molar-refractivity contribution is 0.227. The number of hydrogen-bond acceptors (Lipinski definition) is 2. The van der Waals surface area contributed by atoms with Gasteiger partial charge in [-0.1, -0.05) is 13.8 Å². The number of aliphatic hydroxyl groups excluding tert-OH is 1. The van der Waals surface area contributed by atoms with Gasteiger partial charge in [-0.15, -0.1) is 0 Å². The Hall–Kier alpha value is -1.76. The van der Waals surface area contributed by atoms with Crippen molar-refractivity contribution in [3.05, 3.63) is 29.6 Å². The van der Waals surface area contributed by atoms with Crippen LogP contribution in [0.2, 0.25) is 0 Å². The molecule has 112 valence electrons. The number of carbonyl (C=O) groups excluding carboxylic acids is 1. The monoisotopic (exact) mass is 290 g/mol. The Morgan fingerprint density at radius 1 is 1.25 bits per heavy atom. The van der Waals surface area contributed by atoms with E-state index in [4.69, 9.17) is 5.11 Å². The molecular weight excluding hydrogens is 273 g/mol. The molecule has 1 unspecified atom stereocenters. The average Bonchev–Trinajstić information content (AvgIpc) is 2.33. The maximum atomic E-state index is 13.4. The van der Waals surface area contributed by atoms with Crippen molar-refractivity contribution in [2.75, 3.05) is 11.9 Å². The minimum Gasteiger partial charge on any atom is -0.396 e. The number of halogens is 3. The van der Waals surface area contributed by atoms with E-state index < -0.39 is 29.2 Å². The smallest absolute Gasteiger partial charge is 0.319 e. The molecule has 0 aliphatic carbocycles. The molecule has 0 fully saturated rings. The summed E-state index contributed by atoms with van der Waals surface area (Å²) in [4.78, 5) is 11.7. The molecule has 0 aliphatic rings. The van der Waals surface area contributed by atoms with E-state index in [0.717, 1.165) is 0 Å². The number of hydrogen-bond donors (Lipinski definition) is 3. The molecule has 1 atom stereocenters. The van der Waals surface area contributed by atoms with E-state index >= 15 is 0 Å². The number of carbonyl (C=O) groups is 1. The third-order valence-electron chi connectivity index (χ3n) is 2.81. The molecule has 0 bridgehead atoms. The molecule has 0 heterocycles. The molecule has 4 nitrogen and oxygen atoms in total. The molecule has 0 saturated heterocycles. The molecule has 0 saturated carbocycles. The molecule has 3 N–H and O–H groups in total. The lowest BCUT2D eigenvalue weighted by Crippen LogP contribution is -2.41. The Morgan fingerprint density at radius 3 is 2.25 bits per heavy atom. The van der Waals surface area contributed by atoms with Crippen LogP contribution >= 0.6 is 0 Å². The number of benzene rings is 1. The second kappa shape index (κ2) is 7.14. The first-order valence-corrected chi connectivity index (χ1v) is 6.18. The highest BCUT2D eigenvalue weighted by Gasteiger charge is 2.18. The fourth-order valence-electron chi connectivity index (χ4n) is 1.69. The first-order chi connectivity index (χ1) is 9.35. The summed E-state index contributed by atoms with van der Waals surface area (Å²) in [6, 6.07) is -0.202. The van der Waals surface area contributed by atoms with Crippen LogP contribution < -0.4 is 10.6 Å². The van der Waals surface area contributed by atoms with Gasteiger partial charge in [0.05, 0.1) is 0 Å². The first-order valence-electron chi connectivity index (χ1n) is 6.18. The predicted octanol–water partition coefficient (Wildman–Crippen LogP) is 2.63. The summed E-state index contributed by atoms with van der Waals surface area (Å²) in [7, 11) is 0.